The van der Waals surface area contributed by atoms with Crippen molar-refractivity contribution in [1.29, 1.82) is 0 Å². The van der Waals surface area contributed by atoms with Gasteiger partial charge in [0.15, 0.2) is 0 Å². The highest BCUT2D eigenvalue weighted by Gasteiger charge is 2.26. The minimum Gasteiger partial charge on any atom is -0.396 e. The maximum atomic E-state index is 9.25. The molecule has 1 aliphatic rings. The van der Waals surface area contributed by atoms with E-state index in [-0.39, 0.29) is 12.5 Å². The molecule has 14 heavy (non-hydrogen) atoms. The maximum Gasteiger partial charge on any atom is 0.0517 e. The number of aliphatic hydroxyl groups is 1. The van der Waals surface area contributed by atoms with Gasteiger partial charge in [0.1, 0.15) is 0 Å². The average molecular weight is 189 g/mol. The van der Waals surface area contributed by atoms with Gasteiger partial charge < -0.3 is 10.0 Å². The third-order valence-corrected chi connectivity index (χ3v) is 2.73. The fourth-order valence-corrected chi connectivity index (χ4v) is 2.07. The molecule has 0 bridgehead atoms. The van der Waals surface area contributed by atoms with Crippen LogP contribution in [0.25, 0.3) is 0 Å². The van der Waals surface area contributed by atoms with Crippen LogP contribution in [0.2, 0.25) is 0 Å². The van der Waals surface area contributed by atoms with Crippen molar-refractivity contribution in [3.63, 3.8) is 0 Å². The lowest BCUT2D eigenvalue weighted by Crippen LogP contribution is -2.22. The van der Waals surface area contributed by atoms with Crippen LogP contribution in [0.3, 0.4) is 0 Å². The third-order valence-electron chi connectivity index (χ3n) is 2.73. The highest BCUT2D eigenvalue weighted by molar-refractivity contribution is 5.60. The molecule has 74 valence electrons. The molecule has 1 aromatic carbocycles. The van der Waals surface area contributed by atoms with E-state index >= 15 is 0 Å². The number of para-hydroxylation sites is 1. The molecule has 0 aromatic heterocycles. The molecule has 0 spiro atoms. The van der Waals surface area contributed by atoms with Crippen LogP contribution in [0.15, 0.2) is 36.9 Å². The monoisotopic (exact) mass is 189 g/mol. The molecule has 0 saturated carbocycles. The van der Waals surface area contributed by atoms with E-state index in [2.05, 4.69) is 23.6 Å². The molecule has 0 saturated heterocycles. The van der Waals surface area contributed by atoms with Gasteiger partial charge in [0.2, 0.25) is 0 Å². The van der Waals surface area contributed by atoms with Crippen molar-refractivity contribution < 1.29 is 5.11 Å². The Kier molecular flexibility index (Phi) is 2.55. The molecule has 2 nitrogen and oxygen atoms in total. The quantitative estimate of drug-likeness (QED) is 0.732. The summed E-state index contributed by atoms with van der Waals surface area (Å²) in [4.78, 5) is 2.25. The van der Waals surface area contributed by atoms with Crippen LogP contribution < -0.4 is 4.90 Å². The summed E-state index contributed by atoms with van der Waals surface area (Å²) in [7, 11) is 0. The normalized spacial score (nSPS) is 19.5. The highest BCUT2D eigenvalue weighted by atomic mass is 16.3. The Balaban J connectivity index is 2.33. The number of aliphatic hydroxyl groups excluding tert-OH is 1. The number of hydrogen-bond acceptors (Lipinski definition) is 2. The zero-order valence-corrected chi connectivity index (χ0v) is 8.19. The maximum absolute atomic E-state index is 9.25. The highest BCUT2D eigenvalue weighted by Crippen LogP contribution is 2.35. The van der Waals surface area contributed by atoms with Crippen LogP contribution in [-0.4, -0.2) is 24.8 Å². The first-order valence-electron chi connectivity index (χ1n) is 4.92. The first kappa shape index (κ1) is 9.28. The topological polar surface area (TPSA) is 23.5 Å². The zero-order valence-electron chi connectivity index (χ0n) is 8.19. The second-order valence-electron chi connectivity index (χ2n) is 3.63. The largest absolute Gasteiger partial charge is 0.396 e. The van der Waals surface area contributed by atoms with E-state index in [1.54, 1.807) is 0 Å². The minimum absolute atomic E-state index is 0.227. The number of anilines is 1. The van der Waals surface area contributed by atoms with Crippen molar-refractivity contribution in [1.82, 2.24) is 0 Å². The standard InChI is InChI=1S/C12H15NO/c1-2-7-13-8-10(9-14)11-5-3-4-6-12(11)13/h2-6,10,14H,1,7-9H2. The molecule has 1 heterocycles. The molecule has 1 aliphatic heterocycles. The SMILES string of the molecule is C=CCN1CC(CO)c2ccccc21. The van der Waals surface area contributed by atoms with Crippen LogP contribution in [0, 0.1) is 0 Å². The van der Waals surface area contributed by atoms with Gasteiger partial charge in [-0.3, -0.25) is 0 Å². The van der Waals surface area contributed by atoms with Crippen LogP contribution in [0.1, 0.15) is 11.5 Å². The van der Waals surface area contributed by atoms with E-state index in [4.69, 9.17) is 0 Å². The van der Waals surface area contributed by atoms with Crippen LogP contribution in [-0.2, 0) is 0 Å². The molecule has 0 fully saturated rings. The first-order valence-corrected chi connectivity index (χ1v) is 4.92. The predicted octanol–water partition coefficient (Wildman–Crippen LogP) is 1.77. The van der Waals surface area contributed by atoms with E-state index in [9.17, 15) is 5.11 Å². The van der Waals surface area contributed by atoms with Crippen molar-refractivity contribution in [2.45, 2.75) is 5.92 Å². The molecular formula is C12H15NO. The summed E-state index contributed by atoms with van der Waals surface area (Å²) in [6.45, 7) is 5.73. The van der Waals surface area contributed by atoms with Gasteiger partial charge in [0.05, 0.1) is 6.61 Å². The molecule has 1 atom stereocenters. The fourth-order valence-electron chi connectivity index (χ4n) is 2.07. The van der Waals surface area contributed by atoms with Gasteiger partial charge in [-0.1, -0.05) is 24.3 Å². The van der Waals surface area contributed by atoms with Crippen molar-refractivity contribution >= 4 is 5.69 Å². The van der Waals surface area contributed by atoms with Gasteiger partial charge in [0.25, 0.3) is 0 Å². The molecule has 1 N–H and O–H groups in total. The second kappa shape index (κ2) is 3.84. The van der Waals surface area contributed by atoms with Gasteiger partial charge in [-0.15, -0.1) is 6.58 Å². The number of nitrogens with zero attached hydrogens (tertiary/aromatic N) is 1. The van der Waals surface area contributed by atoms with Gasteiger partial charge in [-0.05, 0) is 11.6 Å². The molecule has 0 aliphatic carbocycles. The fraction of sp³-hybridized carbons (Fsp3) is 0.333. The second-order valence-corrected chi connectivity index (χ2v) is 3.63. The third kappa shape index (κ3) is 1.42. The Hall–Kier alpha value is -1.28. The number of rotatable bonds is 3. The summed E-state index contributed by atoms with van der Waals surface area (Å²) in [5, 5.41) is 9.25. The molecule has 1 unspecified atom stereocenters. The Labute approximate surface area is 84.5 Å². The average Bonchev–Trinajstić information content (AvgIpc) is 2.58. The first-order chi connectivity index (χ1) is 6.86. The Morgan fingerprint density at radius 1 is 1.50 bits per heavy atom. The van der Waals surface area contributed by atoms with Crippen molar-refractivity contribution in [2.75, 3.05) is 24.6 Å². The minimum atomic E-state index is 0.227. The number of benzene rings is 1. The lowest BCUT2D eigenvalue weighted by molar-refractivity contribution is 0.271. The van der Waals surface area contributed by atoms with Crippen LogP contribution in [0.5, 0.6) is 0 Å². The summed E-state index contributed by atoms with van der Waals surface area (Å²) in [5.74, 6) is 0.270. The summed E-state index contributed by atoms with van der Waals surface area (Å²) < 4.78 is 0. The van der Waals surface area contributed by atoms with Crippen molar-refractivity contribution in [2.24, 2.45) is 0 Å². The summed E-state index contributed by atoms with van der Waals surface area (Å²) in [5.41, 5.74) is 2.50. The van der Waals surface area contributed by atoms with Gasteiger partial charge in [-0.2, -0.15) is 0 Å². The lowest BCUT2D eigenvalue weighted by Gasteiger charge is -2.16. The summed E-state index contributed by atoms with van der Waals surface area (Å²) in [6, 6.07) is 8.27. The zero-order chi connectivity index (χ0) is 9.97. The number of fused-ring (bicyclic) bond motifs is 1. The predicted molar refractivity (Wildman–Crippen MR) is 58.7 cm³/mol. The van der Waals surface area contributed by atoms with Crippen molar-refractivity contribution in [3.8, 4) is 0 Å². The smallest absolute Gasteiger partial charge is 0.0517 e. The van der Waals surface area contributed by atoms with E-state index in [0.717, 1.165) is 13.1 Å². The molecule has 2 heteroatoms. The molecule has 0 radical (unpaired) electrons. The molecule has 1 aromatic rings. The molecular weight excluding hydrogens is 174 g/mol. The van der Waals surface area contributed by atoms with E-state index in [0.29, 0.717) is 0 Å². The van der Waals surface area contributed by atoms with Crippen LogP contribution in [0.4, 0.5) is 5.69 Å². The van der Waals surface area contributed by atoms with E-state index in [1.165, 1.54) is 11.3 Å². The van der Waals surface area contributed by atoms with Crippen molar-refractivity contribution in [3.05, 3.63) is 42.5 Å². The Morgan fingerprint density at radius 3 is 3.00 bits per heavy atom. The van der Waals surface area contributed by atoms with E-state index in [1.807, 2.05) is 18.2 Å². The Morgan fingerprint density at radius 2 is 2.29 bits per heavy atom. The van der Waals surface area contributed by atoms with Crippen LogP contribution >= 0.6 is 0 Å². The Bertz CT molecular complexity index is 335. The van der Waals surface area contributed by atoms with Gasteiger partial charge >= 0.3 is 0 Å². The number of hydrogen-bond donors (Lipinski definition) is 1. The van der Waals surface area contributed by atoms with Gasteiger partial charge in [-0.25, -0.2) is 0 Å². The summed E-state index contributed by atoms with van der Waals surface area (Å²) >= 11 is 0. The van der Waals surface area contributed by atoms with Gasteiger partial charge in [0, 0.05) is 24.7 Å². The van der Waals surface area contributed by atoms with E-state index < -0.39 is 0 Å². The molecule has 2 rings (SSSR count). The summed E-state index contributed by atoms with van der Waals surface area (Å²) in [6.07, 6.45) is 1.90. The lowest BCUT2D eigenvalue weighted by atomic mass is 10.0. The molecule has 0 amide bonds.